The van der Waals surface area contributed by atoms with E-state index in [9.17, 15) is 13.2 Å². The number of hydrogen-bond acceptors (Lipinski definition) is 4. The van der Waals surface area contributed by atoms with Gasteiger partial charge in [-0.15, -0.1) is 0 Å². The van der Waals surface area contributed by atoms with E-state index in [0.717, 1.165) is 10.2 Å². The summed E-state index contributed by atoms with van der Waals surface area (Å²) in [5.74, 6) is 0.446. The fourth-order valence-corrected chi connectivity index (χ4v) is 3.40. The summed E-state index contributed by atoms with van der Waals surface area (Å²) in [6.07, 6.45) is 0.106. The van der Waals surface area contributed by atoms with E-state index in [-0.39, 0.29) is 29.9 Å². The summed E-state index contributed by atoms with van der Waals surface area (Å²) in [6.45, 7) is 3.88. The smallest absolute Gasteiger partial charge is 0.240 e. The molecule has 0 aliphatic heterocycles. The molecule has 0 bridgehead atoms. The van der Waals surface area contributed by atoms with Gasteiger partial charge in [-0.05, 0) is 62.4 Å². The number of halogens is 1. The van der Waals surface area contributed by atoms with Crippen LogP contribution in [-0.4, -0.2) is 27.0 Å². The number of rotatable bonds is 8. The van der Waals surface area contributed by atoms with Crippen molar-refractivity contribution in [1.82, 2.24) is 4.72 Å². The van der Waals surface area contributed by atoms with Gasteiger partial charge < -0.3 is 10.1 Å². The number of sulfonamides is 1. The molecular formula is C18H21BrN2O4S. The van der Waals surface area contributed by atoms with Crippen LogP contribution in [0.2, 0.25) is 0 Å². The van der Waals surface area contributed by atoms with Crippen LogP contribution < -0.4 is 14.8 Å². The molecule has 140 valence electrons. The van der Waals surface area contributed by atoms with Gasteiger partial charge in [-0.3, -0.25) is 4.79 Å². The number of carbonyl (C=O) groups is 1. The Labute approximate surface area is 162 Å². The predicted molar refractivity (Wildman–Crippen MR) is 105 cm³/mol. The van der Waals surface area contributed by atoms with Crippen LogP contribution in [0.5, 0.6) is 5.75 Å². The lowest BCUT2D eigenvalue weighted by molar-refractivity contribution is -0.116. The minimum Gasteiger partial charge on any atom is -0.491 e. The Morgan fingerprint density at radius 2 is 1.69 bits per heavy atom. The maximum atomic E-state index is 12.1. The molecule has 0 saturated heterocycles. The van der Waals surface area contributed by atoms with Gasteiger partial charge >= 0.3 is 0 Å². The fraction of sp³-hybridized carbons (Fsp3) is 0.278. The molecule has 26 heavy (non-hydrogen) atoms. The zero-order valence-electron chi connectivity index (χ0n) is 14.5. The Hall–Kier alpha value is -1.90. The van der Waals surface area contributed by atoms with E-state index >= 15 is 0 Å². The van der Waals surface area contributed by atoms with Gasteiger partial charge in [0.05, 0.1) is 11.0 Å². The van der Waals surface area contributed by atoms with Crippen LogP contribution in [-0.2, 0) is 14.8 Å². The van der Waals surface area contributed by atoms with E-state index in [1.165, 1.54) is 12.1 Å². The van der Waals surface area contributed by atoms with Gasteiger partial charge in [0.15, 0.2) is 0 Å². The van der Waals surface area contributed by atoms with Gasteiger partial charge in [0.25, 0.3) is 0 Å². The van der Waals surface area contributed by atoms with Gasteiger partial charge in [-0.2, -0.15) is 0 Å². The highest BCUT2D eigenvalue weighted by Crippen LogP contribution is 2.17. The van der Waals surface area contributed by atoms with Crippen molar-refractivity contribution in [3.8, 4) is 5.75 Å². The molecule has 2 N–H and O–H groups in total. The van der Waals surface area contributed by atoms with Crippen molar-refractivity contribution in [2.75, 3.05) is 11.9 Å². The molecule has 0 atom stereocenters. The molecule has 0 unspecified atom stereocenters. The highest BCUT2D eigenvalue weighted by molar-refractivity contribution is 9.10. The largest absolute Gasteiger partial charge is 0.491 e. The molecular weight excluding hydrogens is 420 g/mol. The maximum Gasteiger partial charge on any atom is 0.240 e. The molecule has 2 aromatic rings. The Kier molecular flexibility index (Phi) is 7.19. The number of benzene rings is 2. The van der Waals surface area contributed by atoms with Gasteiger partial charge in [-0.25, -0.2) is 13.1 Å². The number of anilines is 1. The number of nitrogens with one attached hydrogen (secondary N) is 2. The summed E-state index contributed by atoms with van der Waals surface area (Å²) in [4.78, 5) is 12.1. The molecule has 0 aliphatic rings. The van der Waals surface area contributed by atoms with Crippen molar-refractivity contribution in [1.29, 1.82) is 0 Å². The van der Waals surface area contributed by atoms with E-state index in [1.807, 2.05) is 13.8 Å². The van der Waals surface area contributed by atoms with Crippen molar-refractivity contribution in [3.05, 3.63) is 53.0 Å². The lowest BCUT2D eigenvalue weighted by Crippen LogP contribution is -2.27. The third-order valence-corrected chi connectivity index (χ3v) is 5.28. The summed E-state index contributed by atoms with van der Waals surface area (Å²) < 4.78 is 33.0. The van der Waals surface area contributed by atoms with E-state index in [2.05, 4.69) is 26.0 Å². The Bertz CT molecular complexity index is 834. The lowest BCUT2D eigenvalue weighted by Gasteiger charge is -2.11. The maximum absolute atomic E-state index is 12.1. The standard InChI is InChI=1S/C18H21BrN2O4S/c1-13(2)25-16-7-5-15(6-8-16)21-18(22)11-12-20-26(23,24)17-9-3-14(19)4-10-17/h3-10,13,20H,11-12H2,1-2H3,(H,21,22). The van der Waals surface area contributed by atoms with Crippen LogP contribution in [0.1, 0.15) is 20.3 Å². The van der Waals surface area contributed by atoms with Crippen molar-refractivity contribution in [2.24, 2.45) is 0 Å². The average molecular weight is 441 g/mol. The number of hydrogen-bond donors (Lipinski definition) is 2. The van der Waals surface area contributed by atoms with Gasteiger partial charge in [-0.1, -0.05) is 15.9 Å². The first-order chi connectivity index (χ1) is 12.3. The molecule has 0 spiro atoms. The fourth-order valence-electron chi connectivity index (χ4n) is 2.11. The normalized spacial score (nSPS) is 11.4. The molecule has 0 aromatic heterocycles. The average Bonchev–Trinajstić information content (AvgIpc) is 2.56. The summed E-state index contributed by atoms with van der Waals surface area (Å²) >= 11 is 3.26. The first-order valence-corrected chi connectivity index (χ1v) is 10.4. The number of ether oxygens (including phenoxy) is 1. The van der Waals surface area contributed by atoms with E-state index in [4.69, 9.17) is 4.74 Å². The minimum absolute atomic E-state index is 0.0127. The molecule has 0 heterocycles. The zero-order valence-corrected chi connectivity index (χ0v) is 16.9. The zero-order chi connectivity index (χ0) is 19.2. The third-order valence-electron chi connectivity index (χ3n) is 3.28. The van der Waals surface area contributed by atoms with Gasteiger partial charge in [0.1, 0.15) is 5.75 Å². The summed E-state index contributed by atoms with van der Waals surface area (Å²) in [6, 6.07) is 13.3. The second-order valence-electron chi connectivity index (χ2n) is 5.84. The Morgan fingerprint density at radius 3 is 2.27 bits per heavy atom. The first-order valence-electron chi connectivity index (χ1n) is 8.08. The highest BCUT2D eigenvalue weighted by atomic mass is 79.9. The quantitative estimate of drug-likeness (QED) is 0.657. The van der Waals surface area contributed by atoms with Gasteiger partial charge in [0.2, 0.25) is 15.9 Å². The molecule has 2 aromatic carbocycles. The summed E-state index contributed by atoms with van der Waals surface area (Å²) in [5.41, 5.74) is 0.627. The summed E-state index contributed by atoms with van der Waals surface area (Å²) in [7, 11) is -3.63. The Morgan fingerprint density at radius 1 is 1.08 bits per heavy atom. The molecule has 2 rings (SSSR count). The topological polar surface area (TPSA) is 84.5 Å². The minimum atomic E-state index is -3.63. The molecule has 0 radical (unpaired) electrons. The lowest BCUT2D eigenvalue weighted by atomic mass is 10.3. The SMILES string of the molecule is CC(C)Oc1ccc(NC(=O)CCNS(=O)(=O)c2ccc(Br)cc2)cc1. The predicted octanol–water partition coefficient (Wildman–Crippen LogP) is 3.54. The molecule has 0 fully saturated rings. The van der Waals surface area contributed by atoms with Gasteiger partial charge in [0, 0.05) is 23.1 Å². The second-order valence-corrected chi connectivity index (χ2v) is 8.52. The van der Waals surface area contributed by atoms with E-state index in [0.29, 0.717) is 5.69 Å². The van der Waals surface area contributed by atoms with Crippen LogP contribution in [0.4, 0.5) is 5.69 Å². The summed E-state index contributed by atoms with van der Waals surface area (Å²) in [5, 5.41) is 2.72. The van der Waals surface area contributed by atoms with E-state index < -0.39 is 10.0 Å². The van der Waals surface area contributed by atoms with Crippen molar-refractivity contribution >= 4 is 37.5 Å². The molecule has 1 amide bonds. The van der Waals surface area contributed by atoms with Crippen LogP contribution in [0.3, 0.4) is 0 Å². The Balaban J connectivity index is 1.82. The molecule has 0 aliphatic carbocycles. The van der Waals surface area contributed by atoms with Crippen LogP contribution in [0.15, 0.2) is 57.9 Å². The van der Waals surface area contributed by atoms with E-state index in [1.54, 1.807) is 36.4 Å². The van der Waals surface area contributed by atoms with Crippen molar-refractivity contribution in [2.45, 2.75) is 31.3 Å². The number of amides is 1. The number of carbonyl (C=O) groups excluding carboxylic acids is 1. The second kappa shape index (κ2) is 9.16. The first kappa shape index (κ1) is 20.4. The van der Waals surface area contributed by atoms with Crippen LogP contribution >= 0.6 is 15.9 Å². The molecule has 6 nitrogen and oxygen atoms in total. The van der Waals surface area contributed by atoms with Crippen LogP contribution in [0.25, 0.3) is 0 Å². The van der Waals surface area contributed by atoms with Crippen LogP contribution in [0, 0.1) is 0 Å². The van der Waals surface area contributed by atoms with Crippen molar-refractivity contribution < 1.29 is 17.9 Å². The molecule has 8 heteroatoms. The van der Waals surface area contributed by atoms with Crippen molar-refractivity contribution in [3.63, 3.8) is 0 Å². The third kappa shape index (κ3) is 6.44. The highest BCUT2D eigenvalue weighted by Gasteiger charge is 2.14. The molecule has 0 saturated carbocycles. The monoisotopic (exact) mass is 440 g/mol.